The summed E-state index contributed by atoms with van der Waals surface area (Å²) in [4.78, 5) is 11.5. The molecule has 1 heterocycles. The number of allylic oxidation sites excluding steroid dienone is 1. The van der Waals surface area contributed by atoms with Crippen LogP contribution in [0, 0.1) is 0 Å². The van der Waals surface area contributed by atoms with Crippen molar-refractivity contribution in [2.24, 2.45) is 0 Å². The van der Waals surface area contributed by atoms with E-state index in [0.29, 0.717) is 5.76 Å². The second-order valence-corrected chi connectivity index (χ2v) is 9.07. The van der Waals surface area contributed by atoms with Crippen molar-refractivity contribution in [3.05, 3.63) is 35.7 Å². The van der Waals surface area contributed by atoms with E-state index in [1.165, 1.54) is 20.3 Å². The topological polar surface area (TPSA) is 54.0 Å². The minimum Gasteiger partial charge on any atom is -0.545 e. The molecule has 0 radical (unpaired) electrons. The number of carbonyl (C=O) groups excluding carboxylic acids is 1. The average molecular weight is 270 g/mol. The van der Waals surface area contributed by atoms with Gasteiger partial charge >= 0.3 is 5.97 Å². The van der Waals surface area contributed by atoms with Crippen molar-refractivity contribution >= 4 is 14.3 Å². The van der Waals surface area contributed by atoms with Crippen molar-refractivity contribution in [2.45, 2.75) is 19.6 Å². The van der Waals surface area contributed by atoms with Crippen LogP contribution in [0.15, 0.2) is 35.7 Å². The molecule has 0 aromatic heterocycles. The maximum absolute atomic E-state index is 11.5. The molecule has 0 aliphatic carbocycles. The highest BCUT2D eigenvalue weighted by atomic mass is 28.4. The van der Waals surface area contributed by atoms with E-state index in [0.717, 1.165) is 0 Å². The van der Waals surface area contributed by atoms with Crippen LogP contribution in [0.4, 0.5) is 0 Å². The highest BCUT2D eigenvalue weighted by Gasteiger charge is 2.33. The summed E-state index contributed by atoms with van der Waals surface area (Å²) < 4.78 is 20.7. The van der Waals surface area contributed by atoms with Crippen molar-refractivity contribution in [1.29, 1.82) is 0 Å². The molecule has 100 valence electrons. The third kappa shape index (κ3) is 3.40. The monoisotopic (exact) mass is 270 g/mol. The van der Waals surface area contributed by atoms with Gasteiger partial charge in [-0.05, 0) is 19.6 Å². The van der Waals surface area contributed by atoms with Gasteiger partial charge in [-0.3, -0.25) is 0 Å². The Bertz CT molecular complexity index is 428. The van der Waals surface area contributed by atoms with Crippen LogP contribution in [0.1, 0.15) is 0 Å². The molecule has 0 aromatic carbocycles. The van der Waals surface area contributed by atoms with Gasteiger partial charge in [0.2, 0.25) is 14.1 Å². The first-order valence-corrected chi connectivity index (χ1v) is 8.83. The lowest BCUT2D eigenvalue weighted by Gasteiger charge is -2.19. The lowest BCUT2D eigenvalue weighted by molar-refractivity contribution is -0.136. The lowest BCUT2D eigenvalue weighted by atomic mass is 10.3. The van der Waals surface area contributed by atoms with Gasteiger partial charge in [0.25, 0.3) is 5.76 Å². The van der Waals surface area contributed by atoms with Crippen molar-refractivity contribution in [1.82, 2.24) is 0 Å². The third-order valence-corrected chi connectivity index (χ3v) is 2.83. The summed E-state index contributed by atoms with van der Waals surface area (Å²) in [6, 6.07) is 0. The molecule has 0 bridgehead atoms. The number of esters is 1. The summed E-state index contributed by atoms with van der Waals surface area (Å²) >= 11 is 0. The van der Waals surface area contributed by atoms with E-state index in [1.807, 2.05) is 19.6 Å². The van der Waals surface area contributed by atoms with Crippen LogP contribution in [-0.2, 0) is 23.4 Å². The molecule has 0 saturated carbocycles. The molecule has 1 aliphatic rings. The normalized spacial score (nSPS) is 17.8. The zero-order chi connectivity index (χ0) is 13.9. The van der Waals surface area contributed by atoms with E-state index >= 15 is 0 Å². The Morgan fingerprint density at radius 2 is 1.78 bits per heavy atom. The third-order valence-electron chi connectivity index (χ3n) is 1.96. The van der Waals surface area contributed by atoms with Gasteiger partial charge in [-0.1, -0.05) is 6.58 Å². The number of rotatable bonds is 5. The molecule has 5 nitrogen and oxygen atoms in total. The number of hydrogen-bond donors (Lipinski definition) is 0. The van der Waals surface area contributed by atoms with E-state index in [4.69, 9.17) is 18.6 Å². The van der Waals surface area contributed by atoms with E-state index < -0.39 is 14.3 Å². The molecule has 0 N–H and O–H groups in total. The maximum atomic E-state index is 11.5. The Labute approximate surface area is 108 Å². The standard InChI is InChI=1S/C12H18O5Si/c1-8(17-18(4,5)6)7-9-10(14-2)11(15-3)12(13)16-9/h7H,1H2,2-6H3/b9-7-. The SMILES string of the molecule is C=C(/C=C1\OC(=O)C(OC)=C1OC)O[Si](C)(C)C. The molecular weight excluding hydrogens is 252 g/mol. The first-order chi connectivity index (χ1) is 8.28. The number of ether oxygens (including phenoxy) is 3. The van der Waals surface area contributed by atoms with Gasteiger partial charge in [-0.15, -0.1) is 0 Å². The van der Waals surface area contributed by atoms with Gasteiger partial charge < -0.3 is 18.6 Å². The zero-order valence-corrected chi connectivity index (χ0v) is 12.3. The van der Waals surface area contributed by atoms with Gasteiger partial charge in [0.05, 0.1) is 20.0 Å². The molecule has 0 aromatic rings. The Balaban J connectivity index is 2.94. The Morgan fingerprint density at radius 3 is 2.22 bits per heavy atom. The zero-order valence-electron chi connectivity index (χ0n) is 11.3. The maximum Gasteiger partial charge on any atom is 0.383 e. The van der Waals surface area contributed by atoms with Crippen LogP contribution in [0.2, 0.25) is 19.6 Å². The summed E-state index contributed by atoms with van der Waals surface area (Å²) in [6.07, 6.45) is 1.53. The van der Waals surface area contributed by atoms with Crippen molar-refractivity contribution < 1.29 is 23.4 Å². The summed E-state index contributed by atoms with van der Waals surface area (Å²) in [5.74, 6) is 0.403. The largest absolute Gasteiger partial charge is 0.545 e. The molecule has 6 heteroatoms. The number of methoxy groups -OCH3 is 2. The van der Waals surface area contributed by atoms with Crippen molar-refractivity contribution in [3.8, 4) is 0 Å². The van der Waals surface area contributed by atoms with Crippen LogP contribution in [0.3, 0.4) is 0 Å². The first kappa shape index (κ1) is 14.4. The molecule has 0 fully saturated rings. The van der Waals surface area contributed by atoms with E-state index in [9.17, 15) is 4.79 Å². The summed E-state index contributed by atoms with van der Waals surface area (Å²) in [6.45, 7) is 9.87. The first-order valence-electron chi connectivity index (χ1n) is 5.43. The van der Waals surface area contributed by atoms with Crippen LogP contribution in [-0.4, -0.2) is 28.5 Å². The molecule has 1 aliphatic heterocycles. The fourth-order valence-corrected chi connectivity index (χ4v) is 2.28. The van der Waals surface area contributed by atoms with Gasteiger partial charge in [-0.2, -0.15) is 0 Å². The molecular formula is C12H18O5Si. The fraction of sp³-hybridized carbons (Fsp3) is 0.417. The lowest BCUT2D eigenvalue weighted by Crippen LogP contribution is -2.24. The smallest absolute Gasteiger partial charge is 0.383 e. The molecule has 18 heavy (non-hydrogen) atoms. The van der Waals surface area contributed by atoms with Gasteiger partial charge in [0, 0.05) is 6.08 Å². The van der Waals surface area contributed by atoms with Crippen molar-refractivity contribution in [3.63, 3.8) is 0 Å². The Hall–Kier alpha value is -1.69. The second kappa shape index (κ2) is 5.30. The predicted octanol–water partition coefficient (Wildman–Crippen LogP) is 2.30. The average Bonchev–Trinajstić information content (AvgIpc) is 2.50. The minimum atomic E-state index is -1.74. The molecule has 0 amide bonds. The molecule has 0 atom stereocenters. The number of hydrogen-bond acceptors (Lipinski definition) is 5. The van der Waals surface area contributed by atoms with Gasteiger partial charge in [0.1, 0.15) is 0 Å². The summed E-state index contributed by atoms with van der Waals surface area (Å²) in [5, 5.41) is 0. The van der Waals surface area contributed by atoms with E-state index in [1.54, 1.807) is 0 Å². The minimum absolute atomic E-state index is 0.0459. The van der Waals surface area contributed by atoms with Gasteiger partial charge in [0.15, 0.2) is 5.76 Å². The highest BCUT2D eigenvalue weighted by Crippen LogP contribution is 2.28. The van der Waals surface area contributed by atoms with Crippen LogP contribution < -0.4 is 0 Å². The Morgan fingerprint density at radius 1 is 1.22 bits per heavy atom. The molecule has 0 unspecified atom stereocenters. The predicted molar refractivity (Wildman–Crippen MR) is 68.8 cm³/mol. The van der Waals surface area contributed by atoms with Gasteiger partial charge in [-0.25, -0.2) is 4.79 Å². The summed E-state index contributed by atoms with van der Waals surface area (Å²) in [5.41, 5.74) is 0. The quantitative estimate of drug-likeness (QED) is 0.436. The summed E-state index contributed by atoms with van der Waals surface area (Å²) in [7, 11) is 1.08. The number of cyclic esters (lactones) is 1. The van der Waals surface area contributed by atoms with E-state index in [2.05, 4.69) is 6.58 Å². The van der Waals surface area contributed by atoms with Crippen LogP contribution in [0.5, 0.6) is 0 Å². The van der Waals surface area contributed by atoms with Crippen LogP contribution >= 0.6 is 0 Å². The molecule has 0 saturated heterocycles. The number of carbonyl (C=O) groups is 1. The fourth-order valence-electron chi connectivity index (χ4n) is 1.43. The highest BCUT2D eigenvalue weighted by molar-refractivity contribution is 6.70. The van der Waals surface area contributed by atoms with Crippen molar-refractivity contribution in [2.75, 3.05) is 14.2 Å². The Kier molecular flexibility index (Phi) is 4.23. The second-order valence-electron chi connectivity index (χ2n) is 4.65. The van der Waals surface area contributed by atoms with E-state index in [-0.39, 0.29) is 17.3 Å². The molecule has 1 rings (SSSR count). The van der Waals surface area contributed by atoms with Crippen LogP contribution in [0.25, 0.3) is 0 Å². The molecule has 0 spiro atoms.